The summed E-state index contributed by atoms with van der Waals surface area (Å²) in [5.41, 5.74) is 7.08. The lowest BCUT2D eigenvalue weighted by molar-refractivity contribution is -0.118. The first-order valence-corrected chi connectivity index (χ1v) is 9.61. The zero-order valence-corrected chi connectivity index (χ0v) is 16.3. The minimum Gasteiger partial charge on any atom is -0.308 e. The standard InChI is InChI=1S/C24H22ClNO/c1-16-12-17(2)24-19(13-16)15-26(21-10-8-20(25)9-11-21)23(27)14-22(24)18-6-4-3-5-7-18/h3-13,22H,14-15H2,1-2H3. The highest BCUT2D eigenvalue weighted by Crippen LogP contribution is 2.38. The maximum Gasteiger partial charge on any atom is 0.228 e. The summed E-state index contributed by atoms with van der Waals surface area (Å²) in [6, 6.07) is 22.3. The van der Waals surface area contributed by atoms with Gasteiger partial charge in [-0.2, -0.15) is 0 Å². The Morgan fingerprint density at radius 1 is 0.963 bits per heavy atom. The molecule has 3 aromatic rings. The van der Waals surface area contributed by atoms with Crippen molar-refractivity contribution in [1.82, 2.24) is 0 Å². The molecular weight excluding hydrogens is 354 g/mol. The number of rotatable bonds is 2. The van der Waals surface area contributed by atoms with E-state index in [9.17, 15) is 4.79 Å². The summed E-state index contributed by atoms with van der Waals surface area (Å²) in [5, 5.41) is 0.676. The average molecular weight is 376 g/mol. The topological polar surface area (TPSA) is 20.3 Å². The highest BCUT2D eigenvalue weighted by molar-refractivity contribution is 6.30. The van der Waals surface area contributed by atoms with Gasteiger partial charge >= 0.3 is 0 Å². The summed E-state index contributed by atoms with van der Waals surface area (Å²) in [6.07, 6.45) is 0.462. The number of hydrogen-bond donors (Lipinski definition) is 0. The Bertz CT molecular complexity index is 979. The van der Waals surface area contributed by atoms with Crippen LogP contribution in [0.3, 0.4) is 0 Å². The lowest BCUT2D eigenvalue weighted by atomic mass is 9.83. The largest absolute Gasteiger partial charge is 0.308 e. The molecule has 3 heteroatoms. The summed E-state index contributed by atoms with van der Waals surface area (Å²) in [4.78, 5) is 15.1. The Morgan fingerprint density at radius 3 is 2.37 bits per heavy atom. The molecule has 1 amide bonds. The van der Waals surface area contributed by atoms with Crippen molar-refractivity contribution in [2.75, 3.05) is 4.90 Å². The maximum atomic E-state index is 13.2. The molecule has 0 spiro atoms. The van der Waals surface area contributed by atoms with Crippen molar-refractivity contribution in [1.29, 1.82) is 0 Å². The van der Waals surface area contributed by atoms with Gasteiger partial charge in [0.2, 0.25) is 5.91 Å². The van der Waals surface area contributed by atoms with Crippen molar-refractivity contribution >= 4 is 23.2 Å². The molecule has 4 rings (SSSR count). The molecule has 1 aliphatic heterocycles. The molecule has 0 bridgehead atoms. The number of hydrogen-bond acceptors (Lipinski definition) is 1. The molecule has 0 N–H and O–H groups in total. The Balaban J connectivity index is 1.85. The van der Waals surface area contributed by atoms with Gasteiger partial charge in [0.05, 0.1) is 6.54 Å². The molecule has 1 aliphatic rings. The molecule has 0 aromatic heterocycles. The second-order valence-corrected chi connectivity index (χ2v) is 7.71. The predicted molar refractivity (Wildman–Crippen MR) is 111 cm³/mol. The number of carbonyl (C=O) groups is 1. The van der Waals surface area contributed by atoms with E-state index in [0.29, 0.717) is 18.0 Å². The van der Waals surface area contributed by atoms with Crippen LogP contribution in [0, 0.1) is 13.8 Å². The summed E-state index contributed by atoms with van der Waals surface area (Å²) in [6.45, 7) is 4.86. The Labute approximate surface area is 165 Å². The third-order valence-corrected chi connectivity index (χ3v) is 5.57. The van der Waals surface area contributed by atoms with E-state index in [-0.39, 0.29) is 11.8 Å². The first-order chi connectivity index (χ1) is 13.0. The summed E-state index contributed by atoms with van der Waals surface area (Å²) in [5.74, 6) is 0.214. The summed E-state index contributed by atoms with van der Waals surface area (Å²) >= 11 is 6.04. The van der Waals surface area contributed by atoms with E-state index in [2.05, 4.69) is 38.1 Å². The van der Waals surface area contributed by atoms with Crippen LogP contribution in [0.2, 0.25) is 5.02 Å². The first kappa shape index (κ1) is 17.8. The second-order valence-electron chi connectivity index (χ2n) is 7.28. The van der Waals surface area contributed by atoms with Crippen LogP contribution in [0.1, 0.15) is 40.2 Å². The third-order valence-electron chi connectivity index (χ3n) is 5.31. The molecule has 0 saturated carbocycles. The number of aryl methyl sites for hydroxylation is 2. The molecule has 1 atom stereocenters. The quantitative estimate of drug-likeness (QED) is 0.535. The number of benzene rings is 3. The monoisotopic (exact) mass is 375 g/mol. The van der Waals surface area contributed by atoms with E-state index in [1.807, 2.05) is 47.4 Å². The molecule has 0 aliphatic carbocycles. The second kappa shape index (κ2) is 7.21. The number of halogens is 1. The highest BCUT2D eigenvalue weighted by Gasteiger charge is 2.30. The van der Waals surface area contributed by atoms with Crippen LogP contribution in [0.4, 0.5) is 5.69 Å². The van der Waals surface area contributed by atoms with E-state index in [1.165, 1.54) is 27.8 Å². The van der Waals surface area contributed by atoms with Crippen molar-refractivity contribution in [2.24, 2.45) is 0 Å². The van der Waals surface area contributed by atoms with Crippen molar-refractivity contribution in [3.63, 3.8) is 0 Å². The zero-order valence-electron chi connectivity index (χ0n) is 15.6. The van der Waals surface area contributed by atoms with Gasteiger partial charge in [0.15, 0.2) is 0 Å². The van der Waals surface area contributed by atoms with Gasteiger partial charge in [-0.3, -0.25) is 4.79 Å². The van der Waals surface area contributed by atoms with Gasteiger partial charge in [-0.25, -0.2) is 0 Å². The van der Waals surface area contributed by atoms with E-state index in [4.69, 9.17) is 11.6 Å². The zero-order chi connectivity index (χ0) is 19.0. The van der Waals surface area contributed by atoms with Crippen molar-refractivity contribution in [3.8, 4) is 0 Å². The minimum atomic E-state index is 0.0756. The highest BCUT2D eigenvalue weighted by atomic mass is 35.5. The van der Waals surface area contributed by atoms with Crippen LogP contribution in [0.5, 0.6) is 0 Å². The maximum absolute atomic E-state index is 13.2. The van der Waals surface area contributed by atoms with Gasteiger partial charge in [-0.05, 0) is 60.4 Å². The molecule has 1 unspecified atom stereocenters. The number of fused-ring (bicyclic) bond motifs is 1. The minimum absolute atomic E-state index is 0.0756. The van der Waals surface area contributed by atoms with E-state index >= 15 is 0 Å². The van der Waals surface area contributed by atoms with Crippen LogP contribution in [-0.4, -0.2) is 5.91 Å². The molecule has 0 radical (unpaired) electrons. The molecule has 0 saturated heterocycles. The number of carbonyl (C=O) groups excluding carboxylic acids is 1. The van der Waals surface area contributed by atoms with Crippen LogP contribution in [0.25, 0.3) is 0 Å². The van der Waals surface area contributed by atoms with Gasteiger partial charge in [0.1, 0.15) is 0 Å². The molecular formula is C24H22ClNO. The van der Waals surface area contributed by atoms with Crippen molar-refractivity contribution < 1.29 is 4.79 Å². The fourth-order valence-corrected chi connectivity index (χ4v) is 4.29. The SMILES string of the molecule is Cc1cc(C)c2c(c1)CN(c1ccc(Cl)cc1)C(=O)CC2c1ccccc1. The first-order valence-electron chi connectivity index (χ1n) is 9.24. The predicted octanol–water partition coefficient (Wildman–Crippen LogP) is 6.03. The normalized spacial score (nSPS) is 16.8. The molecule has 27 heavy (non-hydrogen) atoms. The van der Waals surface area contributed by atoms with Gasteiger partial charge in [-0.15, -0.1) is 0 Å². The fourth-order valence-electron chi connectivity index (χ4n) is 4.17. The summed E-state index contributed by atoms with van der Waals surface area (Å²) in [7, 11) is 0. The van der Waals surface area contributed by atoms with Crippen LogP contribution in [0.15, 0.2) is 66.7 Å². The van der Waals surface area contributed by atoms with Crippen LogP contribution < -0.4 is 4.90 Å². The van der Waals surface area contributed by atoms with Crippen molar-refractivity contribution in [2.45, 2.75) is 32.7 Å². The Kier molecular flexibility index (Phi) is 4.75. The van der Waals surface area contributed by atoms with Crippen LogP contribution in [-0.2, 0) is 11.3 Å². The molecule has 2 nitrogen and oxygen atoms in total. The van der Waals surface area contributed by atoms with Gasteiger partial charge in [-0.1, -0.05) is 59.6 Å². The van der Waals surface area contributed by atoms with Crippen molar-refractivity contribution in [3.05, 3.63) is 99.6 Å². The Hall–Kier alpha value is -2.58. The smallest absolute Gasteiger partial charge is 0.228 e. The van der Waals surface area contributed by atoms with E-state index in [1.54, 1.807) is 0 Å². The molecule has 1 heterocycles. The fraction of sp³-hybridized carbons (Fsp3) is 0.208. The lowest BCUT2D eigenvalue weighted by Crippen LogP contribution is -2.29. The third kappa shape index (κ3) is 3.50. The average Bonchev–Trinajstić information content (AvgIpc) is 2.80. The molecule has 0 fully saturated rings. The summed E-state index contributed by atoms with van der Waals surface area (Å²) < 4.78 is 0. The number of anilines is 1. The van der Waals surface area contributed by atoms with Crippen LogP contribution >= 0.6 is 11.6 Å². The Morgan fingerprint density at radius 2 is 1.67 bits per heavy atom. The van der Waals surface area contributed by atoms with Gasteiger partial charge < -0.3 is 4.90 Å². The molecule has 3 aromatic carbocycles. The molecule has 136 valence electrons. The van der Waals surface area contributed by atoms with Gasteiger partial charge in [0, 0.05) is 23.0 Å². The van der Waals surface area contributed by atoms with E-state index < -0.39 is 0 Å². The van der Waals surface area contributed by atoms with Gasteiger partial charge in [0.25, 0.3) is 0 Å². The lowest BCUT2D eigenvalue weighted by Gasteiger charge is -2.21. The number of amides is 1. The number of nitrogens with zero attached hydrogens (tertiary/aromatic N) is 1. The van der Waals surface area contributed by atoms with E-state index in [0.717, 1.165) is 5.69 Å².